The van der Waals surface area contributed by atoms with E-state index in [4.69, 9.17) is 10.5 Å². The quantitative estimate of drug-likeness (QED) is 0.919. The van der Waals surface area contributed by atoms with E-state index in [0.717, 1.165) is 27.8 Å². The fourth-order valence-electron chi connectivity index (χ4n) is 1.94. The highest BCUT2D eigenvalue weighted by Crippen LogP contribution is 2.24. The lowest BCUT2D eigenvalue weighted by Gasteiger charge is -2.09. The Labute approximate surface area is 121 Å². The van der Waals surface area contributed by atoms with E-state index in [9.17, 15) is 0 Å². The molecule has 102 valence electrons. The Morgan fingerprint density at radius 1 is 1.47 bits per heavy atom. The molecular formula is C14H18BrN3O. The van der Waals surface area contributed by atoms with Crippen molar-refractivity contribution in [3.05, 3.63) is 46.2 Å². The molecule has 0 spiro atoms. The van der Waals surface area contributed by atoms with E-state index in [1.54, 1.807) is 7.11 Å². The second-order valence-corrected chi connectivity index (χ2v) is 5.36. The van der Waals surface area contributed by atoms with Crippen LogP contribution in [0.2, 0.25) is 0 Å². The van der Waals surface area contributed by atoms with Gasteiger partial charge in [0.15, 0.2) is 0 Å². The summed E-state index contributed by atoms with van der Waals surface area (Å²) in [6.45, 7) is 2.73. The molecule has 0 aliphatic carbocycles. The topological polar surface area (TPSA) is 53.1 Å². The lowest BCUT2D eigenvalue weighted by Crippen LogP contribution is -2.07. The minimum atomic E-state index is 0.0538. The predicted octanol–water partition coefficient (Wildman–Crippen LogP) is 3.11. The maximum Gasteiger partial charge on any atom is 0.124 e. The molecule has 0 aliphatic heterocycles. The van der Waals surface area contributed by atoms with Gasteiger partial charge in [-0.05, 0) is 24.6 Å². The molecule has 1 atom stereocenters. The SMILES string of the molecule is CCC(N)c1cnn(Cc2cc(Br)ccc2OC)c1. The molecule has 1 heterocycles. The Kier molecular flexibility index (Phi) is 4.61. The van der Waals surface area contributed by atoms with Gasteiger partial charge in [0.1, 0.15) is 5.75 Å². The second kappa shape index (κ2) is 6.21. The van der Waals surface area contributed by atoms with Crippen LogP contribution in [-0.2, 0) is 6.54 Å². The summed E-state index contributed by atoms with van der Waals surface area (Å²) in [5.41, 5.74) is 8.14. The summed E-state index contributed by atoms with van der Waals surface area (Å²) >= 11 is 3.47. The molecule has 0 saturated carbocycles. The van der Waals surface area contributed by atoms with Crippen LogP contribution < -0.4 is 10.5 Å². The fourth-order valence-corrected chi connectivity index (χ4v) is 2.35. The highest BCUT2D eigenvalue weighted by atomic mass is 79.9. The van der Waals surface area contributed by atoms with Crippen molar-refractivity contribution in [3.8, 4) is 5.75 Å². The number of nitrogens with two attached hydrogens (primary N) is 1. The van der Waals surface area contributed by atoms with Gasteiger partial charge in [0.2, 0.25) is 0 Å². The highest BCUT2D eigenvalue weighted by Gasteiger charge is 2.09. The van der Waals surface area contributed by atoms with Gasteiger partial charge in [0.05, 0.1) is 19.9 Å². The van der Waals surface area contributed by atoms with Crippen molar-refractivity contribution in [2.24, 2.45) is 5.73 Å². The normalized spacial score (nSPS) is 12.4. The molecule has 19 heavy (non-hydrogen) atoms. The average Bonchev–Trinajstić information content (AvgIpc) is 2.86. The van der Waals surface area contributed by atoms with E-state index in [2.05, 4.69) is 28.0 Å². The number of nitrogens with zero attached hydrogens (tertiary/aromatic N) is 2. The van der Waals surface area contributed by atoms with Gasteiger partial charge in [-0.25, -0.2) is 0 Å². The summed E-state index contributed by atoms with van der Waals surface area (Å²) in [5, 5.41) is 4.35. The fraction of sp³-hybridized carbons (Fsp3) is 0.357. The summed E-state index contributed by atoms with van der Waals surface area (Å²) in [5.74, 6) is 0.861. The standard InChI is InChI=1S/C14H18BrN3O/c1-3-13(16)11-7-17-18(9-11)8-10-6-12(15)4-5-14(10)19-2/h4-7,9,13H,3,8,16H2,1-2H3. The maximum absolute atomic E-state index is 6.00. The Morgan fingerprint density at radius 3 is 2.95 bits per heavy atom. The van der Waals surface area contributed by atoms with Crippen LogP contribution in [0.25, 0.3) is 0 Å². The van der Waals surface area contributed by atoms with Crippen LogP contribution in [0.1, 0.15) is 30.5 Å². The third-order valence-electron chi connectivity index (χ3n) is 3.10. The minimum absolute atomic E-state index is 0.0538. The summed E-state index contributed by atoms with van der Waals surface area (Å²) in [7, 11) is 1.67. The van der Waals surface area contributed by atoms with E-state index in [0.29, 0.717) is 6.54 Å². The first-order valence-corrected chi connectivity index (χ1v) is 7.03. The van der Waals surface area contributed by atoms with Gasteiger partial charge in [0.25, 0.3) is 0 Å². The molecule has 0 aliphatic rings. The van der Waals surface area contributed by atoms with Gasteiger partial charge in [-0.1, -0.05) is 22.9 Å². The molecule has 2 N–H and O–H groups in total. The molecular weight excluding hydrogens is 306 g/mol. The summed E-state index contributed by atoms with van der Waals surface area (Å²) < 4.78 is 8.27. The van der Waals surface area contributed by atoms with Gasteiger partial charge in [-0.2, -0.15) is 5.10 Å². The predicted molar refractivity (Wildman–Crippen MR) is 79.2 cm³/mol. The number of methoxy groups -OCH3 is 1. The Bertz CT molecular complexity index is 553. The molecule has 0 saturated heterocycles. The molecule has 4 nitrogen and oxygen atoms in total. The zero-order chi connectivity index (χ0) is 13.8. The smallest absolute Gasteiger partial charge is 0.124 e. The van der Waals surface area contributed by atoms with Gasteiger partial charge in [-0.15, -0.1) is 0 Å². The highest BCUT2D eigenvalue weighted by molar-refractivity contribution is 9.10. The van der Waals surface area contributed by atoms with Crippen LogP contribution in [0.5, 0.6) is 5.75 Å². The summed E-state index contributed by atoms with van der Waals surface area (Å²) in [6, 6.07) is 6.00. The van der Waals surface area contributed by atoms with E-state index >= 15 is 0 Å². The van der Waals surface area contributed by atoms with E-state index in [1.807, 2.05) is 35.3 Å². The number of hydrogen-bond acceptors (Lipinski definition) is 3. The number of halogens is 1. The second-order valence-electron chi connectivity index (χ2n) is 4.44. The van der Waals surface area contributed by atoms with Crippen molar-refractivity contribution in [3.63, 3.8) is 0 Å². The van der Waals surface area contributed by atoms with Gasteiger partial charge >= 0.3 is 0 Å². The number of hydrogen-bond donors (Lipinski definition) is 1. The maximum atomic E-state index is 6.00. The molecule has 1 aromatic carbocycles. The van der Waals surface area contributed by atoms with Crippen LogP contribution >= 0.6 is 15.9 Å². The van der Waals surface area contributed by atoms with Crippen molar-refractivity contribution >= 4 is 15.9 Å². The molecule has 0 fully saturated rings. The zero-order valence-corrected chi connectivity index (χ0v) is 12.7. The monoisotopic (exact) mass is 323 g/mol. The molecule has 0 amide bonds. The van der Waals surface area contributed by atoms with Crippen LogP contribution in [0, 0.1) is 0 Å². The van der Waals surface area contributed by atoms with Crippen LogP contribution in [0.15, 0.2) is 35.1 Å². The van der Waals surface area contributed by atoms with Crippen LogP contribution in [0.4, 0.5) is 0 Å². The first-order valence-electron chi connectivity index (χ1n) is 6.24. The zero-order valence-electron chi connectivity index (χ0n) is 11.1. The van der Waals surface area contributed by atoms with Crippen molar-refractivity contribution in [2.45, 2.75) is 25.9 Å². The van der Waals surface area contributed by atoms with Crippen LogP contribution in [0.3, 0.4) is 0 Å². The number of ether oxygens (including phenoxy) is 1. The van der Waals surface area contributed by atoms with Crippen molar-refractivity contribution in [1.29, 1.82) is 0 Å². The minimum Gasteiger partial charge on any atom is -0.496 e. The van der Waals surface area contributed by atoms with Crippen molar-refractivity contribution in [1.82, 2.24) is 9.78 Å². The lowest BCUT2D eigenvalue weighted by molar-refractivity contribution is 0.407. The van der Waals surface area contributed by atoms with Gasteiger partial charge in [0, 0.05) is 27.8 Å². The third kappa shape index (κ3) is 3.36. The van der Waals surface area contributed by atoms with Gasteiger partial charge in [-0.3, -0.25) is 4.68 Å². The summed E-state index contributed by atoms with van der Waals surface area (Å²) in [4.78, 5) is 0. The molecule has 1 unspecified atom stereocenters. The van der Waals surface area contributed by atoms with E-state index in [-0.39, 0.29) is 6.04 Å². The van der Waals surface area contributed by atoms with E-state index < -0.39 is 0 Å². The number of rotatable bonds is 5. The molecule has 0 bridgehead atoms. The lowest BCUT2D eigenvalue weighted by atomic mass is 10.1. The Hall–Kier alpha value is -1.33. The van der Waals surface area contributed by atoms with E-state index in [1.165, 1.54) is 0 Å². The molecule has 1 aromatic heterocycles. The molecule has 5 heteroatoms. The third-order valence-corrected chi connectivity index (χ3v) is 3.59. The first kappa shape index (κ1) is 14.1. The molecule has 2 rings (SSSR count). The summed E-state index contributed by atoms with van der Waals surface area (Å²) in [6.07, 6.45) is 4.74. The molecule has 2 aromatic rings. The Morgan fingerprint density at radius 2 is 2.26 bits per heavy atom. The first-order chi connectivity index (χ1) is 9.13. The average molecular weight is 324 g/mol. The van der Waals surface area contributed by atoms with Gasteiger partial charge < -0.3 is 10.5 Å². The largest absolute Gasteiger partial charge is 0.496 e. The Balaban J connectivity index is 2.21. The van der Waals surface area contributed by atoms with Crippen molar-refractivity contribution in [2.75, 3.05) is 7.11 Å². The van der Waals surface area contributed by atoms with Crippen molar-refractivity contribution < 1.29 is 4.74 Å². The van der Waals surface area contributed by atoms with Crippen LogP contribution in [-0.4, -0.2) is 16.9 Å². The molecule has 0 radical (unpaired) electrons. The number of benzene rings is 1. The number of aromatic nitrogens is 2.